The van der Waals surface area contributed by atoms with E-state index >= 15 is 0 Å². The van der Waals surface area contributed by atoms with Crippen LogP contribution in [0.15, 0.2) is 208 Å². The van der Waals surface area contributed by atoms with Gasteiger partial charge in [0.15, 0.2) is 0 Å². The Morgan fingerprint density at radius 2 is 0.754 bits per heavy atom. The molecule has 0 saturated carbocycles. The summed E-state index contributed by atoms with van der Waals surface area (Å²) < 4.78 is 2.59. The summed E-state index contributed by atoms with van der Waals surface area (Å²) in [5, 5.41) is 5.21. The molecule has 11 aromatic rings. The molecule has 9 aromatic carbocycles. The Morgan fingerprint density at radius 3 is 1.25 bits per heavy atom. The second kappa shape index (κ2) is 11.9. The van der Waals surface area contributed by atoms with E-state index in [1.165, 1.54) is 125 Å². The third kappa shape index (κ3) is 4.25. The second-order valence-electron chi connectivity index (χ2n) is 16.8. The number of para-hydroxylation sites is 3. The van der Waals surface area contributed by atoms with Crippen molar-refractivity contribution < 1.29 is 0 Å². The first-order valence-electron chi connectivity index (χ1n) is 21.1. The summed E-state index contributed by atoms with van der Waals surface area (Å²) in [6.07, 6.45) is 0. The molecule has 15 rings (SSSR count). The van der Waals surface area contributed by atoms with E-state index in [1.807, 2.05) is 23.5 Å². The number of rotatable bonds is 2. The molecule has 0 unspecified atom stereocenters. The van der Waals surface area contributed by atoms with Gasteiger partial charge in [0.1, 0.15) is 0 Å². The highest BCUT2D eigenvalue weighted by molar-refractivity contribution is 8.00. The lowest BCUT2D eigenvalue weighted by Gasteiger charge is -2.40. The summed E-state index contributed by atoms with van der Waals surface area (Å²) in [5.41, 5.74) is 19.4. The smallest absolute Gasteiger partial charge is 0.249 e. The number of hydrogen-bond donors (Lipinski definition) is 0. The van der Waals surface area contributed by atoms with Gasteiger partial charge in [0.2, 0.25) is 13.4 Å². The Balaban J connectivity index is 1.06. The van der Waals surface area contributed by atoms with E-state index in [2.05, 4.69) is 202 Å². The standard InChI is InChI=1S/C54H31B2N3S2/c1-3-14-32(15-4-1)57-42-22-12-26-50-52(42)55(38-20-7-9-24-48(38)60-50)40-28-36-34-18-11-19-35-37-29-41-47(31-45(37)59(54(34)35)44(36)30-46(40)57)58(33-16-5-2-6-17-33)43-23-13-27-51-53(43)56(41)39-21-8-10-25-49(39)61-51/h1-31H. The molecule has 0 N–H and O–H groups in total. The first kappa shape index (κ1) is 33.0. The molecule has 0 spiro atoms. The predicted molar refractivity (Wildman–Crippen MR) is 261 cm³/mol. The van der Waals surface area contributed by atoms with E-state index in [9.17, 15) is 0 Å². The molecule has 0 bridgehead atoms. The van der Waals surface area contributed by atoms with Crippen molar-refractivity contribution >= 4 is 142 Å². The maximum absolute atomic E-state index is 2.59. The molecular weight excluding hydrogens is 776 g/mol. The topological polar surface area (TPSA) is 10.9 Å². The highest BCUT2D eigenvalue weighted by Crippen LogP contribution is 2.48. The van der Waals surface area contributed by atoms with Crippen LogP contribution >= 0.6 is 23.5 Å². The quantitative estimate of drug-likeness (QED) is 0.161. The fourth-order valence-corrected chi connectivity index (χ4v) is 13.8. The number of aromatic nitrogens is 1. The maximum atomic E-state index is 2.59. The van der Waals surface area contributed by atoms with Crippen LogP contribution in [-0.2, 0) is 0 Å². The lowest BCUT2D eigenvalue weighted by molar-refractivity contribution is 1.26. The van der Waals surface area contributed by atoms with Crippen LogP contribution < -0.4 is 42.6 Å². The van der Waals surface area contributed by atoms with Crippen LogP contribution in [-0.4, -0.2) is 17.8 Å². The molecule has 280 valence electrons. The van der Waals surface area contributed by atoms with Crippen molar-refractivity contribution in [1.82, 2.24) is 4.40 Å². The summed E-state index contributed by atoms with van der Waals surface area (Å²) in [4.78, 5) is 10.4. The molecule has 0 saturated heterocycles. The first-order valence-corrected chi connectivity index (χ1v) is 22.7. The fraction of sp³-hybridized carbons (Fsp3) is 0. The van der Waals surface area contributed by atoms with Crippen molar-refractivity contribution in [2.75, 3.05) is 9.80 Å². The van der Waals surface area contributed by atoms with Crippen LogP contribution in [0.25, 0.3) is 38.1 Å². The van der Waals surface area contributed by atoms with Gasteiger partial charge in [-0.1, -0.05) is 150 Å². The average molecular weight is 808 g/mol. The lowest BCUT2D eigenvalue weighted by Crippen LogP contribution is -2.59. The minimum absolute atomic E-state index is 0.132. The molecule has 6 heterocycles. The van der Waals surface area contributed by atoms with E-state index in [-0.39, 0.29) is 13.4 Å². The predicted octanol–water partition coefficient (Wildman–Crippen LogP) is 10.4. The number of benzene rings is 9. The second-order valence-corrected chi connectivity index (χ2v) is 18.9. The fourth-order valence-electron chi connectivity index (χ4n) is 11.4. The van der Waals surface area contributed by atoms with Gasteiger partial charge in [0.05, 0.1) is 16.6 Å². The highest BCUT2D eigenvalue weighted by Gasteiger charge is 2.43. The van der Waals surface area contributed by atoms with Crippen molar-refractivity contribution in [3.05, 3.63) is 188 Å². The molecule has 0 radical (unpaired) electrons. The van der Waals surface area contributed by atoms with Crippen LogP contribution in [0.1, 0.15) is 0 Å². The van der Waals surface area contributed by atoms with Gasteiger partial charge < -0.3 is 14.2 Å². The molecule has 7 heteroatoms. The van der Waals surface area contributed by atoms with E-state index in [0.717, 1.165) is 0 Å². The minimum atomic E-state index is 0.132. The zero-order valence-electron chi connectivity index (χ0n) is 32.7. The van der Waals surface area contributed by atoms with Crippen molar-refractivity contribution in [3.63, 3.8) is 0 Å². The summed E-state index contributed by atoms with van der Waals surface area (Å²) in [7, 11) is 0. The Morgan fingerprint density at radius 1 is 0.328 bits per heavy atom. The SMILES string of the molecule is c1ccc(N2c3cc4c(cc3B3c5ccccc5Sc5cccc2c53)c2cccc3c5cc6c(cc5n4c23)N(c2ccccc2)c2cccc3c2B6c2ccccc2S3)cc1. The summed E-state index contributed by atoms with van der Waals surface area (Å²) in [5.74, 6) is 0. The molecule has 4 aliphatic heterocycles. The van der Waals surface area contributed by atoms with Crippen molar-refractivity contribution in [1.29, 1.82) is 0 Å². The van der Waals surface area contributed by atoms with E-state index in [4.69, 9.17) is 0 Å². The summed E-state index contributed by atoms with van der Waals surface area (Å²) >= 11 is 3.81. The van der Waals surface area contributed by atoms with Crippen LogP contribution in [0.3, 0.4) is 0 Å². The van der Waals surface area contributed by atoms with Crippen LogP contribution in [0.2, 0.25) is 0 Å². The Labute approximate surface area is 361 Å². The van der Waals surface area contributed by atoms with Crippen LogP contribution in [0.4, 0.5) is 34.1 Å². The Hall–Kier alpha value is -6.79. The molecule has 2 aromatic heterocycles. The number of anilines is 6. The van der Waals surface area contributed by atoms with E-state index in [0.29, 0.717) is 0 Å². The van der Waals surface area contributed by atoms with E-state index in [1.54, 1.807) is 0 Å². The molecular formula is C54H31B2N3S2. The molecule has 0 atom stereocenters. The van der Waals surface area contributed by atoms with Crippen molar-refractivity contribution in [2.24, 2.45) is 0 Å². The average Bonchev–Trinajstić information content (AvgIpc) is 3.82. The van der Waals surface area contributed by atoms with E-state index < -0.39 is 0 Å². The normalized spacial score (nSPS) is 14.3. The maximum Gasteiger partial charge on any atom is 0.249 e. The number of hydrogen-bond acceptors (Lipinski definition) is 4. The zero-order chi connectivity index (χ0) is 39.5. The third-order valence-corrected chi connectivity index (χ3v) is 16.1. The molecule has 0 amide bonds. The Kier molecular flexibility index (Phi) is 6.46. The highest BCUT2D eigenvalue weighted by atomic mass is 32.2. The van der Waals surface area contributed by atoms with Gasteiger partial charge in [-0.25, -0.2) is 0 Å². The van der Waals surface area contributed by atoms with Crippen molar-refractivity contribution in [3.8, 4) is 0 Å². The molecule has 4 aliphatic rings. The molecule has 0 aliphatic carbocycles. The summed E-state index contributed by atoms with van der Waals surface area (Å²) in [6.45, 7) is 0.264. The van der Waals surface area contributed by atoms with Crippen LogP contribution in [0.5, 0.6) is 0 Å². The van der Waals surface area contributed by atoms with Gasteiger partial charge >= 0.3 is 0 Å². The van der Waals surface area contributed by atoms with Gasteiger partial charge in [-0.3, -0.25) is 0 Å². The van der Waals surface area contributed by atoms with Crippen LogP contribution in [0, 0.1) is 0 Å². The van der Waals surface area contributed by atoms with Gasteiger partial charge in [-0.2, -0.15) is 0 Å². The monoisotopic (exact) mass is 807 g/mol. The first-order chi connectivity index (χ1) is 30.3. The minimum Gasteiger partial charge on any atom is -0.311 e. The summed E-state index contributed by atoms with van der Waals surface area (Å²) in [6, 6.07) is 70.9. The van der Waals surface area contributed by atoms with Gasteiger partial charge in [-0.05, 0) is 94.6 Å². The molecule has 0 fully saturated rings. The largest absolute Gasteiger partial charge is 0.311 e. The third-order valence-electron chi connectivity index (χ3n) is 13.8. The molecule has 61 heavy (non-hydrogen) atoms. The van der Waals surface area contributed by atoms with Gasteiger partial charge in [-0.15, -0.1) is 0 Å². The van der Waals surface area contributed by atoms with Crippen molar-refractivity contribution in [2.45, 2.75) is 19.6 Å². The molecule has 3 nitrogen and oxygen atoms in total. The lowest BCUT2D eigenvalue weighted by atomic mass is 9.35. The number of nitrogens with zero attached hydrogens (tertiary/aromatic N) is 3. The number of fused-ring (bicyclic) bond motifs is 14. The van der Waals surface area contributed by atoms with Gasteiger partial charge in [0.25, 0.3) is 0 Å². The zero-order valence-corrected chi connectivity index (χ0v) is 34.3. The Bertz CT molecular complexity index is 3460. The van der Waals surface area contributed by atoms with Gasteiger partial charge in [0, 0.05) is 75.3 Å².